The van der Waals surface area contributed by atoms with Crippen LogP contribution in [-0.4, -0.2) is 9.78 Å². The molecule has 0 bridgehead atoms. The summed E-state index contributed by atoms with van der Waals surface area (Å²) in [7, 11) is 1.78. The van der Waals surface area contributed by atoms with Gasteiger partial charge in [-0.05, 0) is 6.92 Å². The van der Waals surface area contributed by atoms with E-state index in [9.17, 15) is 4.79 Å². The Balaban J connectivity index is 3.34. The minimum atomic E-state index is -0.00639. The number of aromatic nitrogens is 2. The lowest BCUT2D eigenvalue weighted by molar-refractivity contribution is 0.728. The molecule has 9 heavy (non-hydrogen) atoms. The van der Waals surface area contributed by atoms with Crippen LogP contribution in [0.15, 0.2) is 17.2 Å². The van der Waals surface area contributed by atoms with E-state index in [0.29, 0.717) is 0 Å². The third-order valence-electron chi connectivity index (χ3n) is 1.13. The van der Waals surface area contributed by atoms with Crippen molar-refractivity contribution in [3.63, 3.8) is 0 Å². The topological polar surface area (TPSA) is 34.9 Å². The number of nitrogens with zero attached hydrogens (tertiary/aromatic N) is 2. The minimum absolute atomic E-state index is 0.00639. The van der Waals surface area contributed by atoms with Crippen molar-refractivity contribution >= 4 is 0 Å². The summed E-state index contributed by atoms with van der Waals surface area (Å²) in [6.07, 6.45) is 3.01. The molecule has 0 saturated heterocycles. The van der Waals surface area contributed by atoms with Gasteiger partial charge >= 0.3 is 0 Å². The largest absolute Gasteiger partial charge is 0.288 e. The van der Waals surface area contributed by atoms with Gasteiger partial charge in [0.1, 0.15) is 0 Å². The van der Waals surface area contributed by atoms with Gasteiger partial charge in [0, 0.05) is 18.8 Å². The highest BCUT2D eigenvalue weighted by Crippen LogP contribution is 1.80. The molecule has 0 aliphatic heterocycles. The van der Waals surface area contributed by atoms with E-state index >= 15 is 0 Å². The van der Waals surface area contributed by atoms with Crippen molar-refractivity contribution in [1.29, 1.82) is 0 Å². The van der Waals surface area contributed by atoms with Gasteiger partial charge in [0.15, 0.2) is 0 Å². The smallest absolute Gasteiger partial charge is 0.203 e. The van der Waals surface area contributed by atoms with Crippen LogP contribution in [-0.2, 0) is 7.05 Å². The van der Waals surface area contributed by atoms with Gasteiger partial charge in [-0.3, -0.25) is 9.48 Å². The molecule has 3 nitrogen and oxygen atoms in total. The highest BCUT2D eigenvalue weighted by molar-refractivity contribution is 5.02. The normalized spacial score (nSPS) is 9.56. The second-order valence-corrected chi connectivity index (χ2v) is 1.99. The van der Waals surface area contributed by atoms with E-state index in [1.807, 2.05) is 0 Å². The zero-order chi connectivity index (χ0) is 6.85. The van der Waals surface area contributed by atoms with E-state index in [-0.39, 0.29) is 5.43 Å². The Hall–Kier alpha value is -1.12. The third kappa shape index (κ3) is 1.16. The fourth-order valence-corrected chi connectivity index (χ4v) is 0.623. The monoisotopic (exact) mass is 124 g/mol. The van der Waals surface area contributed by atoms with Crippen molar-refractivity contribution in [3.8, 4) is 0 Å². The Labute approximate surface area is 52.9 Å². The number of rotatable bonds is 0. The predicted molar refractivity (Wildman–Crippen MR) is 34.2 cm³/mol. The molecule has 0 N–H and O–H groups in total. The maximum Gasteiger partial charge on any atom is 0.203 e. The molecular weight excluding hydrogens is 116 g/mol. The first-order valence-electron chi connectivity index (χ1n) is 2.70. The highest BCUT2D eigenvalue weighted by Gasteiger charge is 1.89. The quantitative estimate of drug-likeness (QED) is 0.491. The Morgan fingerprint density at radius 1 is 1.67 bits per heavy atom. The summed E-state index contributed by atoms with van der Waals surface area (Å²) in [6, 6.07) is 0. The number of hydrogen-bond acceptors (Lipinski definition) is 2. The molecule has 48 valence electrons. The molecule has 1 rings (SSSR count). The predicted octanol–water partition coefficient (Wildman–Crippen LogP) is 0.0887. The highest BCUT2D eigenvalue weighted by atomic mass is 16.1. The van der Waals surface area contributed by atoms with E-state index in [4.69, 9.17) is 0 Å². The standard InChI is InChI=1S/C6H8N2O/c1-5-4-8(2)7-3-6(5)9/h3-4H,1-2H3. The summed E-state index contributed by atoms with van der Waals surface area (Å²) in [4.78, 5) is 10.7. The SMILES string of the molecule is Cc1cn(C)ncc1=O. The Kier molecular flexibility index (Phi) is 1.34. The third-order valence-corrected chi connectivity index (χ3v) is 1.13. The average Bonchev–Trinajstić information content (AvgIpc) is 1.80. The number of hydrogen-bond donors (Lipinski definition) is 0. The zero-order valence-corrected chi connectivity index (χ0v) is 5.46. The molecule has 0 aliphatic carbocycles. The molecule has 1 aromatic rings. The molecular formula is C6H8N2O. The van der Waals surface area contributed by atoms with Gasteiger partial charge in [0.2, 0.25) is 5.43 Å². The molecule has 1 heterocycles. The van der Waals surface area contributed by atoms with Gasteiger partial charge in [-0.2, -0.15) is 5.10 Å². The molecule has 0 aromatic carbocycles. The van der Waals surface area contributed by atoms with Crippen LogP contribution >= 0.6 is 0 Å². The fourth-order valence-electron chi connectivity index (χ4n) is 0.623. The fraction of sp³-hybridized carbons (Fsp3) is 0.333. The molecule has 3 heteroatoms. The average molecular weight is 124 g/mol. The zero-order valence-electron chi connectivity index (χ0n) is 5.46. The molecule has 0 amide bonds. The van der Waals surface area contributed by atoms with Crippen molar-refractivity contribution in [3.05, 3.63) is 28.2 Å². The second-order valence-electron chi connectivity index (χ2n) is 1.99. The van der Waals surface area contributed by atoms with E-state index in [2.05, 4.69) is 5.10 Å². The van der Waals surface area contributed by atoms with Gasteiger partial charge in [0.25, 0.3) is 0 Å². The lowest BCUT2D eigenvalue weighted by Gasteiger charge is -1.93. The maximum atomic E-state index is 10.7. The van der Waals surface area contributed by atoms with Gasteiger partial charge < -0.3 is 0 Å². The lowest BCUT2D eigenvalue weighted by atomic mass is 10.3. The molecule has 1 aromatic heterocycles. The van der Waals surface area contributed by atoms with Crippen LogP contribution in [0.4, 0.5) is 0 Å². The first kappa shape index (κ1) is 6.01. The van der Waals surface area contributed by atoms with Crippen LogP contribution in [0.25, 0.3) is 0 Å². The lowest BCUT2D eigenvalue weighted by Crippen LogP contribution is -2.09. The molecule has 0 spiro atoms. The van der Waals surface area contributed by atoms with Crippen LogP contribution in [0.3, 0.4) is 0 Å². The number of aryl methyl sites for hydroxylation is 2. The summed E-state index contributed by atoms with van der Waals surface area (Å²) in [6.45, 7) is 1.77. The van der Waals surface area contributed by atoms with Crippen molar-refractivity contribution in [2.75, 3.05) is 0 Å². The van der Waals surface area contributed by atoms with Crippen molar-refractivity contribution in [2.24, 2.45) is 7.05 Å². The molecule has 0 fully saturated rings. The first-order valence-corrected chi connectivity index (χ1v) is 2.70. The second kappa shape index (κ2) is 2.01. The summed E-state index contributed by atoms with van der Waals surface area (Å²) in [5.74, 6) is 0. The van der Waals surface area contributed by atoms with Gasteiger partial charge in [-0.15, -0.1) is 0 Å². The summed E-state index contributed by atoms with van der Waals surface area (Å²) in [5.41, 5.74) is 0.723. The van der Waals surface area contributed by atoms with Crippen molar-refractivity contribution in [1.82, 2.24) is 9.78 Å². The summed E-state index contributed by atoms with van der Waals surface area (Å²) < 4.78 is 1.61. The summed E-state index contributed by atoms with van der Waals surface area (Å²) >= 11 is 0. The molecule has 0 aliphatic rings. The van der Waals surface area contributed by atoms with Gasteiger partial charge in [-0.25, -0.2) is 0 Å². The molecule has 0 radical (unpaired) electrons. The van der Waals surface area contributed by atoms with Crippen molar-refractivity contribution in [2.45, 2.75) is 6.92 Å². The summed E-state index contributed by atoms with van der Waals surface area (Å²) in [5, 5.41) is 3.74. The van der Waals surface area contributed by atoms with Gasteiger partial charge in [-0.1, -0.05) is 0 Å². The first-order chi connectivity index (χ1) is 4.20. The van der Waals surface area contributed by atoms with Crippen molar-refractivity contribution < 1.29 is 0 Å². The van der Waals surface area contributed by atoms with Gasteiger partial charge in [0.05, 0.1) is 6.20 Å². The molecule has 0 saturated carbocycles. The van der Waals surface area contributed by atoms with E-state index in [1.54, 1.807) is 24.9 Å². The Bertz CT molecular complexity index is 264. The molecule has 0 unspecified atom stereocenters. The Morgan fingerprint density at radius 3 is 2.78 bits per heavy atom. The maximum absolute atomic E-state index is 10.7. The van der Waals surface area contributed by atoms with Crippen LogP contribution < -0.4 is 5.43 Å². The molecule has 0 atom stereocenters. The Morgan fingerprint density at radius 2 is 2.33 bits per heavy atom. The van der Waals surface area contributed by atoms with Crippen LogP contribution in [0, 0.1) is 6.92 Å². The van der Waals surface area contributed by atoms with Crippen LogP contribution in [0.2, 0.25) is 0 Å². The van der Waals surface area contributed by atoms with E-state index in [0.717, 1.165) is 5.56 Å². The van der Waals surface area contributed by atoms with E-state index in [1.165, 1.54) is 6.20 Å². The van der Waals surface area contributed by atoms with E-state index < -0.39 is 0 Å². The minimum Gasteiger partial charge on any atom is -0.288 e. The van der Waals surface area contributed by atoms with Crippen LogP contribution in [0.5, 0.6) is 0 Å². The van der Waals surface area contributed by atoms with Crippen LogP contribution in [0.1, 0.15) is 5.56 Å².